The van der Waals surface area contributed by atoms with E-state index in [-0.39, 0.29) is 0 Å². The van der Waals surface area contributed by atoms with Gasteiger partial charge in [0, 0.05) is 36.9 Å². The molecule has 0 saturated carbocycles. The van der Waals surface area contributed by atoms with Crippen molar-refractivity contribution in [2.45, 2.75) is 39.3 Å². The third kappa shape index (κ3) is 2.76. The number of nitrogens with zero attached hydrogens (tertiary/aromatic N) is 3. The molecule has 0 amide bonds. The molecule has 1 saturated heterocycles. The molecule has 0 aliphatic carbocycles. The zero-order valence-corrected chi connectivity index (χ0v) is 12.7. The molecule has 3 rings (SSSR count). The molecule has 2 aromatic rings. The summed E-state index contributed by atoms with van der Waals surface area (Å²) in [7, 11) is 0. The highest BCUT2D eigenvalue weighted by Gasteiger charge is 2.26. The minimum Gasteiger partial charge on any atom is -0.398 e. The average Bonchev–Trinajstić information content (AvgIpc) is 2.97. The summed E-state index contributed by atoms with van der Waals surface area (Å²) in [5.41, 5.74) is 11.6. The molecule has 2 N–H and O–H groups in total. The molecule has 3 heterocycles. The first-order valence-electron chi connectivity index (χ1n) is 7.51. The Bertz CT molecular complexity index is 624. The van der Waals surface area contributed by atoms with Gasteiger partial charge in [0.05, 0.1) is 5.69 Å². The Morgan fingerprint density at radius 2 is 2.05 bits per heavy atom. The van der Waals surface area contributed by atoms with E-state index in [1.165, 1.54) is 18.4 Å². The van der Waals surface area contributed by atoms with Crippen LogP contribution in [0, 0.1) is 13.8 Å². The standard InChI is InChI=1S/C17H22N4/c1-12-10-20-15(13(2)17(12)18)11-21-9-3-4-16(21)14-5-7-19-8-6-14/h5-8,10,16H,3-4,9,11H2,1-2H3,(H2,18,20). The van der Waals surface area contributed by atoms with Gasteiger partial charge in [-0.1, -0.05) is 0 Å². The Morgan fingerprint density at radius 1 is 1.29 bits per heavy atom. The monoisotopic (exact) mass is 282 g/mol. The highest BCUT2D eigenvalue weighted by atomic mass is 15.2. The van der Waals surface area contributed by atoms with E-state index in [0.717, 1.165) is 35.6 Å². The van der Waals surface area contributed by atoms with Crippen LogP contribution in [0.5, 0.6) is 0 Å². The van der Waals surface area contributed by atoms with Crippen molar-refractivity contribution < 1.29 is 0 Å². The van der Waals surface area contributed by atoms with Crippen molar-refractivity contribution in [3.63, 3.8) is 0 Å². The molecular formula is C17H22N4. The second-order valence-electron chi connectivity index (χ2n) is 5.84. The van der Waals surface area contributed by atoms with Gasteiger partial charge in [0.15, 0.2) is 0 Å². The lowest BCUT2D eigenvalue weighted by molar-refractivity contribution is 0.245. The third-order valence-electron chi connectivity index (χ3n) is 4.48. The Hall–Kier alpha value is -1.94. The number of likely N-dealkylation sites (tertiary alicyclic amines) is 1. The summed E-state index contributed by atoms with van der Waals surface area (Å²) in [6.45, 7) is 6.06. The van der Waals surface area contributed by atoms with E-state index in [2.05, 4.69) is 33.9 Å². The van der Waals surface area contributed by atoms with Gasteiger partial charge in [-0.25, -0.2) is 0 Å². The van der Waals surface area contributed by atoms with Crippen molar-refractivity contribution in [1.82, 2.24) is 14.9 Å². The zero-order chi connectivity index (χ0) is 14.8. The van der Waals surface area contributed by atoms with Gasteiger partial charge in [-0.15, -0.1) is 0 Å². The summed E-state index contributed by atoms with van der Waals surface area (Å²) < 4.78 is 0. The molecular weight excluding hydrogens is 260 g/mol. The predicted octanol–water partition coefficient (Wildman–Crippen LogP) is 3.01. The molecule has 1 unspecified atom stereocenters. The minimum absolute atomic E-state index is 0.469. The fraction of sp³-hybridized carbons (Fsp3) is 0.412. The van der Waals surface area contributed by atoms with Gasteiger partial charge in [-0.05, 0) is 62.1 Å². The summed E-state index contributed by atoms with van der Waals surface area (Å²) in [6.07, 6.45) is 8.06. The Kier molecular flexibility index (Phi) is 3.88. The van der Waals surface area contributed by atoms with E-state index in [1.807, 2.05) is 25.5 Å². The second kappa shape index (κ2) is 5.82. The smallest absolute Gasteiger partial charge is 0.0593 e. The second-order valence-corrected chi connectivity index (χ2v) is 5.84. The van der Waals surface area contributed by atoms with Gasteiger partial charge in [0.2, 0.25) is 0 Å². The minimum atomic E-state index is 0.469. The first kappa shape index (κ1) is 14.0. The topological polar surface area (TPSA) is 55.0 Å². The van der Waals surface area contributed by atoms with Crippen LogP contribution >= 0.6 is 0 Å². The van der Waals surface area contributed by atoms with Crippen LogP contribution in [0.15, 0.2) is 30.7 Å². The molecule has 0 bridgehead atoms. The molecule has 2 aromatic heterocycles. The largest absolute Gasteiger partial charge is 0.398 e. The van der Waals surface area contributed by atoms with Crippen LogP contribution in [0.4, 0.5) is 5.69 Å². The number of aryl methyl sites for hydroxylation is 1. The fourth-order valence-electron chi connectivity index (χ4n) is 3.12. The SMILES string of the molecule is Cc1cnc(CN2CCCC2c2ccncc2)c(C)c1N. The van der Waals surface area contributed by atoms with Gasteiger partial charge < -0.3 is 5.73 Å². The molecule has 4 nitrogen and oxygen atoms in total. The maximum Gasteiger partial charge on any atom is 0.0593 e. The van der Waals surface area contributed by atoms with E-state index in [1.54, 1.807) is 0 Å². The van der Waals surface area contributed by atoms with Gasteiger partial charge in [0.25, 0.3) is 0 Å². The quantitative estimate of drug-likeness (QED) is 0.940. The first-order valence-corrected chi connectivity index (χ1v) is 7.51. The summed E-state index contributed by atoms with van der Waals surface area (Å²) in [5, 5.41) is 0. The van der Waals surface area contributed by atoms with Crippen molar-refractivity contribution in [3.05, 3.63) is 53.1 Å². The maximum atomic E-state index is 6.14. The van der Waals surface area contributed by atoms with Crippen molar-refractivity contribution >= 4 is 5.69 Å². The Labute approximate surface area is 126 Å². The van der Waals surface area contributed by atoms with E-state index < -0.39 is 0 Å². The number of pyridine rings is 2. The number of nitrogens with two attached hydrogens (primary N) is 1. The zero-order valence-electron chi connectivity index (χ0n) is 12.7. The van der Waals surface area contributed by atoms with Gasteiger partial charge in [-0.3, -0.25) is 14.9 Å². The highest BCUT2D eigenvalue weighted by Crippen LogP contribution is 2.33. The van der Waals surface area contributed by atoms with E-state index in [0.29, 0.717) is 6.04 Å². The average molecular weight is 282 g/mol. The Balaban J connectivity index is 1.83. The lowest BCUT2D eigenvalue weighted by Gasteiger charge is -2.25. The van der Waals surface area contributed by atoms with E-state index in [4.69, 9.17) is 5.73 Å². The maximum absolute atomic E-state index is 6.14. The van der Waals surface area contributed by atoms with E-state index in [9.17, 15) is 0 Å². The van der Waals surface area contributed by atoms with Crippen LogP contribution in [-0.2, 0) is 6.54 Å². The first-order chi connectivity index (χ1) is 10.2. The number of hydrogen-bond acceptors (Lipinski definition) is 4. The molecule has 110 valence electrons. The predicted molar refractivity (Wildman–Crippen MR) is 84.7 cm³/mol. The molecule has 21 heavy (non-hydrogen) atoms. The molecule has 0 spiro atoms. The highest BCUT2D eigenvalue weighted by molar-refractivity contribution is 5.53. The molecule has 1 aliphatic heterocycles. The number of hydrogen-bond donors (Lipinski definition) is 1. The number of aromatic nitrogens is 2. The molecule has 1 atom stereocenters. The molecule has 0 radical (unpaired) electrons. The van der Waals surface area contributed by atoms with Crippen molar-refractivity contribution in [1.29, 1.82) is 0 Å². The fourth-order valence-corrected chi connectivity index (χ4v) is 3.12. The van der Waals surface area contributed by atoms with Gasteiger partial charge >= 0.3 is 0 Å². The number of rotatable bonds is 3. The van der Waals surface area contributed by atoms with Crippen LogP contribution in [0.2, 0.25) is 0 Å². The summed E-state index contributed by atoms with van der Waals surface area (Å²) in [4.78, 5) is 11.2. The molecule has 1 fully saturated rings. The van der Waals surface area contributed by atoms with Crippen molar-refractivity contribution in [2.24, 2.45) is 0 Å². The Morgan fingerprint density at radius 3 is 2.81 bits per heavy atom. The molecule has 4 heteroatoms. The van der Waals surface area contributed by atoms with Gasteiger partial charge in [0.1, 0.15) is 0 Å². The summed E-state index contributed by atoms with van der Waals surface area (Å²) in [6, 6.07) is 4.70. The van der Waals surface area contributed by atoms with Crippen LogP contribution < -0.4 is 5.73 Å². The van der Waals surface area contributed by atoms with Crippen LogP contribution in [0.3, 0.4) is 0 Å². The van der Waals surface area contributed by atoms with Crippen LogP contribution in [0.25, 0.3) is 0 Å². The van der Waals surface area contributed by atoms with Crippen molar-refractivity contribution in [3.8, 4) is 0 Å². The molecule has 1 aliphatic rings. The van der Waals surface area contributed by atoms with Crippen LogP contribution in [-0.4, -0.2) is 21.4 Å². The van der Waals surface area contributed by atoms with Crippen molar-refractivity contribution in [2.75, 3.05) is 12.3 Å². The lowest BCUT2D eigenvalue weighted by Crippen LogP contribution is -2.24. The van der Waals surface area contributed by atoms with Gasteiger partial charge in [-0.2, -0.15) is 0 Å². The molecule has 0 aromatic carbocycles. The van der Waals surface area contributed by atoms with E-state index >= 15 is 0 Å². The lowest BCUT2D eigenvalue weighted by atomic mass is 10.1. The summed E-state index contributed by atoms with van der Waals surface area (Å²) in [5.74, 6) is 0. The third-order valence-corrected chi connectivity index (χ3v) is 4.48. The number of anilines is 1. The normalized spacial score (nSPS) is 19.0. The summed E-state index contributed by atoms with van der Waals surface area (Å²) >= 11 is 0. The number of nitrogen functional groups attached to an aromatic ring is 1. The van der Waals surface area contributed by atoms with Crippen LogP contribution in [0.1, 0.15) is 41.3 Å².